The van der Waals surface area contributed by atoms with E-state index in [-0.39, 0.29) is 17.9 Å². The van der Waals surface area contributed by atoms with Gasteiger partial charge in [-0.25, -0.2) is 0 Å². The maximum Gasteiger partial charge on any atom is 0.245 e. The number of carbonyl (C=O) groups excluding carboxylic acids is 2. The van der Waals surface area contributed by atoms with Gasteiger partial charge in [0.05, 0.1) is 0 Å². The van der Waals surface area contributed by atoms with Gasteiger partial charge in [-0.2, -0.15) is 0 Å². The standard InChI is InChI=1S/C15H21N3O2/c1-4-13-15(20)18(11(3)6-14(19)17-13)9-12-5-10(2)7-16-8-12/h5,7-8,11,13H,4,6,9H2,1-3H3,(H,17,19). The van der Waals surface area contributed by atoms with E-state index in [1.54, 1.807) is 17.3 Å². The largest absolute Gasteiger partial charge is 0.344 e. The van der Waals surface area contributed by atoms with Crippen molar-refractivity contribution in [2.24, 2.45) is 0 Å². The first kappa shape index (κ1) is 14.5. The third-order valence-electron chi connectivity index (χ3n) is 3.62. The number of aromatic nitrogens is 1. The molecule has 2 unspecified atom stereocenters. The van der Waals surface area contributed by atoms with Crippen LogP contribution in [0.5, 0.6) is 0 Å². The second-order valence-corrected chi connectivity index (χ2v) is 5.42. The Morgan fingerprint density at radius 1 is 1.40 bits per heavy atom. The van der Waals surface area contributed by atoms with Crippen molar-refractivity contribution in [3.05, 3.63) is 29.6 Å². The molecule has 1 fully saturated rings. The third-order valence-corrected chi connectivity index (χ3v) is 3.62. The van der Waals surface area contributed by atoms with Crippen LogP contribution in [0.25, 0.3) is 0 Å². The minimum absolute atomic E-state index is 0.00708. The first-order chi connectivity index (χ1) is 9.51. The molecule has 0 radical (unpaired) electrons. The van der Waals surface area contributed by atoms with Crippen LogP contribution in [0.4, 0.5) is 0 Å². The van der Waals surface area contributed by atoms with Crippen molar-refractivity contribution in [1.29, 1.82) is 0 Å². The predicted octanol–water partition coefficient (Wildman–Crippen LogP) is 1.41. The fourth-order valence-electron chi connectivity index (χ4n) is 2.52. The second kappa shape index (κ2) is 6.03. The number of hydrogen-bond acceptors (Lipinski definition) is 3. The fourth-order valence-corrected chi connectivity index (χ4v) is 2.52. The molecule has 2 atom stereocenters. The van der Waals surface area contributed by atoms with E-state index in [2.05, 4.69) is 10.3 Å². The highest BCUT2D eigenvalue weighted by Gasteiger charge is 2.32. The number of hydrogen-bond donors (Lipinski definition) is 1. The molecule has 108 valence electrons. The molecule has 5 heteroatoms. The van der Waals surface area contributed by atoms with Crippen LogP contribution in [0.15, 0.2) is 18.5 Å². The molecule has 2 amide bonds. The summed E-state index contributed by atoms with van der Waals surface area (Å²) in [6.45, 7) is 6.30. The predicted molar refractivity (Wildman–Crippen MR) is 75.8 cm³/mol. The zero-order chi connectivity index (χ0) is 14.7. The minimum Gasteiger partial charge on any atom is -0.344 e. The summed E-state index contributed by atoms with van der Waals surface area (Å²) >= 11 is 0. The van der Waals surface area contributed by atoms with Crippen LogP contribution in [0.2, 0.25) is 0 Å². The summed E-state index contributed by atoms with van der Waals surface area (Å²) in [4.78, 5) is 30.2. The molecule has 1 aromatic rings. The van der Waals surface area contributed by atoms with Gasteiger partial charge in [0.1, 0.15) is 6.04 Å². The topological polar surface area (TPSA) is 62.3 Å². The monoisotopic (exact) mass is 275 g/mol. The molecule has 1 saturated heterocycles. The van der Waals surface area contributed by atoms with Crippen LogP contribution in [-0.4, -0.2) is 33.8 Å². The molecule has 1 N–H and O–H groups in total. The lowest BCUT2D eigenvalue weighted by Crippen LogP contribution is -2.45. The zero-order valence-corrected chi connectivity index (χ0v) is 12.2. The number of nitrogens with zero attached hydrogens (tertiary/aromatic N) is 2. The van der Waals surface area contributed by atoms with Crippen molar-refractivity contribution in [3.8, 4) is 0 Å². The first-order valence-corrected chi connectivity index (χ1v) is 7.01. The lowest BCUT2D eigenvalue weighted by molar-refractivity contribution is -0.135. The SMILES string of the molecule is CCC1NC(=O)CC(C)N(Cc2cncc(C)c2)C1=O. The zero-order valence-electron chi connectivity index (χ0n) is 12.2. The third kappa shape index (κ3) is 3.15. The maximum absolute atomic E-state index is 12.5. The Balaban J connectivity index is 2.22. The van der Waals surface area contributed by atoms with E-state index < -0.39 is 6.04 Å². The molecular formula is C15H21N3O2. The van der Waals surface area contributed by atoms with E-state index in [0.29, 0.717) is 19.4 Å². The quantitative estimate of drug-likeness (QED) is 0.907. The van der Waals surface area contributed by atoms with Gasteiger partial charge in [0.2, 0.25) is 11.8 Å². The summed E-state index contributed by atoms with van der Waals surface area (Å²) in [5, 5.41) is 2.79. The van der Waals surface area contributed by atoms with Crippen LogP contribution in [-0.2, 0) is 16.1 Å². The molecule has 0 saturated carbocycles. The molecule has 2 rings (SSSR count). The lowest BCUT2D eigenvalue weighted by atomic mass is 10.1. The van der Waals surface area contributed by atoms with E-state index in [1.807, 2.05) is 26.8 Å². The summed E-state index contributed by atoms with van der Waals surface area (Å²) in [5.74, 6) is -0.0603. The second-order valence-electron chi connectivity index (χ2n) is 5.42. The Bertz CT molecular complexity index is 516. The number of nitrogens with one attached hydrogen (secondary N) is 1. The van der Waals surface area contributed by atoms with Crippen molar-refractivity contribution in [1.82, 2.24) is 15.2 Å². The van der Waals surface area contributed by atoms with Crippen LogP contribution in [0.1, 0.15) is 37.8 Å². The van der Waals surface area contributed by atoms with Crippen molar-refractivity contribution >= 4 is 11.8 Å². The van der Waals surface area contributed by atoms with Gasteiger partial charge >= 0.3 is 0 Å². The van der Waals surface area contributed by atoms with Gasteiger partial charge in [-0.3, -0.25) is 14.6 Å². The van der Waals surface area contributed by atoms with Gasteiger partial charge in [0, 0.05) is 31.4 Å². The fraction of sp³-hybridized carbons (Fsp3) is 0.533. The summed E-state index contributed by atoms with van der Waals surface area (Å²) in [6, 6.07) is 1.51. The van der Waals surface area contributed by atoms with Gasteiger partial charge < -0.3 is 10.2 Å². The van der Waals surface area contributed by atoms with E-state index >= 15 is 0 Å². The lowest BCUT2D eigenvalue weighted by Gasteiger charge is -2.28. The highest BCUT2D eigenvalue weighted by molar-refractivity contribution is 5.90. The Morgan fingerprint density at radius 2 is 2.15 bits per heavy atom. The number of carbonyl (C=O) groups is 2. The van der Waals surface area contributed by atoms with Crippen LogP contribution >= 0.6 is 0 Å². The van der Waals surface area contributed by atoms with Crippen molar-refractivity contribution in [3.63, 3.8) is 0 Å². The van der Waals surface area contributed by atoms with Gasteiger partial charge in [-0.05, 0) is 31.4 Å². The van der Waals surface area contributed by atoms with E-state index in [1.165, 1.54) is 0 Å². The Morgan fingerprint density at radius 3 is 2.80 bits per heavy atom. The van der Waals surface area contributed by atoms with E-state index in [9.17, 15) is 9.59 Å². The first-order valence-electron chi connectivity index (χ1n) is 7.01. The average molecular weight is 275 g/mol. The van der Waals surface area contributed by atoms with Gasteiger partial charge in [0.15, 0.2) is 0 Å². The Labute approximate surface area is 119 Å². The number of aryl methyl sites for hydroxylation is 1. The molecule has 5 nitrogen and oxygen atoms in total. The van der Waals surface area contributed by atoms with Gasteiger partial charge in [-0.1, -0.05) is 13.0 Å². The van der Waals surface area contributed by atoms with E-state index in [4.69, 9.17) is 0 Å². The molecule has 0 aromatic carbocycles. The van der Waals surface area contributed by atoms with Crippen LogP contribution in [0, 0.1) is 6.92 Å². The molecule has 2 heterocycles. The summed E-state index contributed by atoms with van der Waals surface area (Å²) in [5.41, 5.74) is 2.06. The van der Waals surface area contributed by atoms with Crippen molar-refractivity contribution in [2.75, 3.05) is 0 Å². The van der Waals surface area contributed by atoms with E-state index in [0.717, 1.165) is 11.1 Å². The van der Waals surface area contributed by atoms with Crippen molar-refractivity contribution in [2.45, 2.75) is 52.2 Å². The molecule has 0 spiro atoms. The van der Waals surface area contributed by atoms with Crippen LogP contribution < -0.4 is 5.32 Å². The highest BCUT2D eigenvalue weighted by Crippen LogP contribution is 2.17. The number of rotatable bonds is 3. The average Bonchev–Trinajstić information content (AvgIpc) is 2.50. The van der Waals surface area contributed by atoms with Crippen molar-refractivity contribution < 1.29 is 9.59 Å². The summed E-state index contributed by atoms with van der Waals surface area (Å²) in [7, 11) is 0. The normalized spacial score (nSPS) is 23.4. The Hall–Kier alpha value is -1.91. The highest BCUT2D eigenvalue weighted by atomic mass is 16.2. The molecule has 1 aliphatic rings. The van der Waals surface area contributed by atoms with Gasteiger partial charge in [0.25, 0.3) is 0 Å². The number of amides is 2. The summed E-state index contributed by atoms with van der Waals surface area (Å²) in [6.07, 6.45) is 4.52. The molecule has 20 heavy (non-hydrogen) atoms. The minimum atomic E-state index is -0.412. The molecule has 0 bridgehead atoms. The smallest absolute Gasteiger partial charge is 0.245 e. The summed E-state index contributed by atoms with van der Waals surface area (Å²) < 4.78 is 0. The Kier molecular flexibility index (Phi) is 4.37. The van der Waals surface area contributed by atoms with Crippen LogP contribution in [0.3, 0.4) is 0 Å². The maximum atomic E-state index is 12.5. The molecular weight excluding hydrogens is 254 g/mol. The molecule has 1 aromatic heterocycles. The number of pyridine rings is 1. The molecule has 1 aliphatic heterocycles. The van der Waals surface area contributed by atoms with Gasteiger partial charge in [-0.15, -0.1) is 0 Å². The molecule has 0 aliphatic carbocycles.